The number of nitrogens with one attached hydrogen (secondary N) is 1. The average Bonchev–Trinajstić information content (AvgIpc) is 2.87. The molecule has 7 nitrogen and oxygen atoms in total. The maximum Gasteiger partial charge on any atom is 0.250 e. The highest BCUT2D eigenvalue weighted by Gasteiger charge is 2.27. The molecular formula is C29H35FN2O5S2. The van der Waals surface area contributed by atoms with E-state index in [4.69, 9.17) is 0 Å². The van der Waals surface area contributed by atoms with Gasteiger partial charge in [-0.2, -0.15) is 0 Å². The summed E-state index contributed by atoms with van der Waals surface area (Å²) in [5, 5.41) is 0. The van der Waals surface area contributed by atoms with Crippen molar-refractivity contribution in [3.05, 3.63) is 93.2 Å². The van der Waals surface area contributed by atoms with Gasteiger partial charge in [0.1, 0.15) is 5.82 Å². The lowest BCUT2D eigenvalue weighted by Crippen LogP contribution is -2.36. The number of aromatic nitrogens is 1. The minimum atomic E-state index is -3.37. The lowest BCUT2D eigenvalue weighted by Gasteiger charge is -2.26. The van der Waals surface area contributed by atoms with Crippen LogP contribution in [0.2, 0.25) is 0 Å². The zero-order chi connectivity index (χ0) is 29.1. The molecule has 39 heavy (non-hydrogen) atoms. The Kier molecular flexibility index (Phi) is 9.46. The van der Waals surface area contributed by atoms with Gasteiger partial charge in [0, 0.05) is 47.8 Å². The van der Waals surface area contributed by atoms with E-state index < -0.39 is 37.4 Å². The van der Waals surface area contributed by atoms with Gasteiger partial charge in [-0.1, -0.05) is 26.0 Å². The second-order valence-corrected chi connectivity index (χ2v) is 14.8. The van der Waals surface area contributed by atoms with E-state index in [2.05, 4.69) is 4.72 Å². The SMILES string of the molecule is CC[C@H](N[S@](=O)C(C)(C)C)c1cc(=O)n(C)cc1-c1cc(CS(=O)(=O)CC)ccc1C(=O)c1ccc(F)cc1. The first-order chi connectivity index (χ1) is 18.2. The summed E-state index contributed by atoms with van der Waals surface area (Å²) >= 11 is 0. The van der Waals surface area contributed by atoms with E-state index in [1.807, 2.05) is 27.7 Å². The van der Waals surface area contributed by atoms with Crippen molar-refractivity contribution >= 4 is 26.6 Å². The largest absolute Gasteiger partial charge is 0.318 e. The van der Waals surface area contributed by atoms with E-state index in [1.165, 1.54) is 34.9 Å². The standard InChI is InChI=1S/C29H35FN2O5S2/c1-7-26(31-38(35)29(3,4)5)24-16-27(33)32(6)17-25(24)23-15-19(18-39(36,37)8-2)9-14-22(23)28(34)20-10-12-21(30)13-11-20/h9-17,26,31H,7-8,18H2,1-6H3/t26-,38+/m0/s1. The number of pyridine rings is 1. The fourth-order valence-electron chi connectivity index (χ4n) is 4.05. The second-order valence-electron chi connectivity index (χ2n) is 10.4. The van der Waals surface area contributed by atoms with Crippen molar-refractivity contribution in [3.8, 4) is 11.1 Å². The lowest BCUT2D eigenvalue weighted by molar-refractivity contribution is 0.103. The Balaban J connectivity index is 2.30. The number of ketones is 1. The average molecular weight is 575 g/mol. The molecule has 0 spiro atoms. The Bertz CT molecular complexity index is 1560. The van der Waals surface area contributed by atoms with E-state index in [1.54, 1.807) is 38.4 Å². The molecule has 0 amide bonds. The molecule has 1 aromatic heterocycles. The predicted molar refractivity (Wildman–Crippen MR) is 154 cm³/mol. The maximum absolute atomic E-state index is 13.6. The normalized spacial score (nSPS) is 13.7. The van der Waals surface area contributed by atoms with Gasteiger partial charge in [-0.25, -0.2) is 21.7 Å². The quantitative estimate of drug-likeness (QED) is 0.349. The molecule has 0 radical (unpaired) electrons. The van der Waals surface area contributed by atoms with Crippen molar-refractivity contribution < 1.29 is 21.8 Å². The highest BCUT2D eigenvalue weighted by molar-refractivity contribution is 7.90. The first-order valence-corrected chi connectivity index (χ1v) is 15.7. The van der Waals surface area contributed by atoms with Crippen molar-refractivity contribution in [1.29, 1.82) is 0 Å². The zero-order valence-corrected chi connectivity index (χ0v) is 24.7. The molecule has 210 valence electrons. The van der Waals surface area contributed by atoms with E-state index in [0.717, 1.165) is 0 Å². The molecule has 3 rings (SSSR count). The molecule has 0 aliphatic carbocycles. The third-order valence-electron chi connectivity index (χ3n) is 6.40. The summed E-state index contributed by atoms with van der Waals surface area (Å²) in [5.74, 6) is -1.11. The van der Waals surface area contributed by atoms with E-state index in [0.29, 0.717) is 28.7 Å². The Morgan fingerprint density at radius 3 is 2.26 bits per heavy atom. The second kappa shape index (κ2) is 12.1. The molecule has 0 aliphatic rings. The molecule has 0 saturated heterocycles. The minimum Gasteiger partial charge on any atom is -0.318 e. The molecule has 3 aromatic rings. The monoisotopic (exact) mass is 574 g/mol. The Morgan fingerprint density at radius 1 is 1.05 bits per heavy atom. The number of rotatable bonds is 10. The van der Waals surface area contributed by atoms with Crippen LogP contribution in [0.3, 0.4) is 0 Å². The Labute approximate surface area is 232 Å². The van der Waals surface area contributed by atoms with Gasteiger partial charge in [-0.05, 0) is 74.2 Å². The van der Waals surface area contributed by atoms with E-state index in [-0.39, 0.29) is 34.0 Å². The van der Waals surface area contributed by atoms with Gasteiger partial charge < -0.3 is 4.57 Å². The molecular weight excluding hydrogens is 539 g/mol. The number of sulfone groups is 1. The van der Waals surface area contributed by atoms with Gasteiger partial charge in [-0.3, -0.25) is 9.59 Å². The van der Waals surface area contributed by atoms with Crippen LogP contribution in [0, 0.1) is 5.82 Å². The minimum absolute atomic E-state index is 0.0376. The predicted octanol–water partition coefficient (Wildman–Crippen LogP) is 4.86. The van der Waals surface area contributed by atoms with Gasteiger partial charge in [0.15, 0.2) is 15.6 Å². The Hall–Kier alpha value is -2.95. The topological polar surface area (TPSA) is 102 Å². The van der Waals surface area contributed by atoms with Crippen LogP contribution < -0.4 is 10.3 Å². The van der Waals surface area contributed by atoms with Crippen LogP contribution in [0.5, 0.6) is 0 Å². The molecule has 0 fully saturated rings. The fraction of sp³-hybridized carbons (Fsp3) is 0.379. The summed E-state index contributed by atoms with van der Waals surface area (Å²) < 4.78 is 55.4. The van der Waals surface area contributed by atoms with Crippen LogP contribution in [-0.4, -0.2) is 33.5 Å². The Morgan fingerprint density at radius 2 is 1.69 bits per heavy atom. The summed E-state index contributed by atoms with van der Waals surface area (Å²) in [6, 6.07) is 11.0. The fourth-order valence-corrected chi connectivity index (χ4v) is 5.84. The van der Waals surface area contributed by atoms with Gasteiger partial charge in [-0.15, -0.1) is 0 Å². The van der Waals surface area contributed by atoms with Crippen LogP contribution >= 0.6 is 0 Å². The highest BCUT2D eigenvalue weighted by Crippen LogP contribution is 2.34. The summed E-state index contributed by atoms with van der Waals surface area (Å²) in [7, 11) is -3.24. The van der Waals surface area contributed by atoms with Gasteiger partial charge >= 0.3 is 0 Å². The van der Waals surface area contributed by atoms with Crippen LogP contribution in [0.25, 0.3) is 11.1 Å². The number of halogens is 1. The zero-order valence-electron chi connectivity index (χ0n) is 23.1. The third-order valence-corrected chi connectivity index (χ3v) is 9.66. The van der Waals surface area contributed by atoms with Crippen molar-refractivity contribution in [3.63, 3.8) is 0 Å². The van der Waals surface area contributed by atoms with Crippen LogP contribution in [-0.2, 0) is 33.6 Å². The number of nitrogens with zero attached hydrogens (tertiary/aromatic N) is 1. The number of aryl methyl sites for hydroxylation is 1. The maximum atomic E-state index is 13.6. The van der Waals surface area contributed by atoms with Crippen LogP contribution in [0.15, 0.2) is 59.5 Å². The molecule has 10 heteroatoms. The molecule has 0 saturated carbocycles. The molecule has 0 aliphatic heterocycles. The summed E-state index contributed by atoms with van der Waals surface area (Å²) in [4.78, 5) is 26.4. The van der Waals surface area contributed by atoms with Gasteiger partial charge in [0.25, 0.3) is 5.56 Å². The lowest BCUT2D eigenvalue weighted by atomic mass is 9.89. The molecule has 2 aromatic carbocycles. The van der Waals surface area contributed by atoms with Crippen molar-refractivity contribution in [2.24, 2.45) is 7.05 Å². The van der Waals surface area contributed by atoms with Crippen LogP contribution in [0.4, 0.5) is 4.39 Å². The number of carbonyl (C=O) groups excluding carboxylic acids is 1. The van der Waals surface area contributed by atoms with Crippen molar-refractivity contribution in [2.75, 3.05) is 5.75 Å². The number of hydrogen-bond donors (Lipinski definition) is 1. The van der Waals surface area contributed by atoms with Gasteiger partial charge in [0.05, 0.1) is 21.5 Å². The highest BCUT2D eigenvalue weighted by atomic mass is 32.2. The first-order valence-electron chi connectivity index (χ1n) is 12.7. The van der Waals surface area contributed by atoms with Crippen LogP contribution in [0.1, 0.15) is 74.1 Å². The number of hydrogen-bond acceptors (Lipinski definition) is 5. The molecule has 0 bridgehead atoms. The molecule has 1 N–H and O–H groups in total. The summed E-state index contributed by atoms with van der Waals surface area (Å²) in [6.45, 7) is 8.98. The molecule has 0 unspecified atom stereocenters. The first kappa shape index (κ1) is 30.6. The van der Waals surface area contributed by atoms with E-state index >= 15 is 0 Å². The molecule has 1 heterocycles. The number of carbonyl (C=O) groups is 1. The van der Waals surface area contributed by atoms with Gasteiger partial charge in [0.2, 0.25) is 0 Å². The number of benzene rings is 2. The molecule has 2 atom stereocenters. The summed E-state index contributed by atoms with van der Waals surface area (Å²) in [5.41, 5.74) is 2.24. The third kappa shape index (κ3) is 7.38. The van der Waals surface area contributed by atoms with Crippen molar-refractivity contribution in [2.45, 2.75) is 57.6 Å². The van der Waals surface area contributed by atoms with E-state index in [9.17, 15) is 26.6 Å². The van der Waals surface area contributed by atoms with Crippen molar-refractivity contribution in [1.82, 2.24) is 9.29 Å². The smallest absolute Gasteiger partial charge is 0.250 e. The summed E-state index contributed by atoms with van der Waals surface area (Å²) in [6.07, 6.45) is 2.10.